The fraction of sp³-hybridized carbons (Fsp3) is 0.636. The molecule has 0 aromatic heterocycles. The molecule has 2 atom stereocenters. The van der Waals surface area contributed by atoms with E-state index >= 15 is 0 Å². The molecule has 3 fully saturated rings. The summed E-state index contributed by atoms with van der Waals surface area (Å²) in [5.74, 6) is -0.388. The summed E-state index contributed by atoms with van der Waals surface area (Å²) < 4.78 is 33.6. The second-order valence-corrected chi connectivity index (χ2v) is 10.5. The van der Waals surface area contributed by atoms with Crippen molar-refractivity contribution in [3.8, 4) is 5.75 Å². The predicted molar refractivity (Wildman–Crippen MR) is 115 cm³/mol. The van der Waals surface area contributed by atoms with Gasteiger partial charge >= 0.3 is 0 Å². The van der Waals surface area contributed by atoms with Gasteiger partial charge in [0.1, 0.15) is 10.6 Å². The monoisotopic (exact) mass is 449 g/mol. The summed E-state index contributed by atoms with van der Waals surface area (Å²) in [6.07, 6.45) is 3.48. The van der Waals surface area contributed by atoms with Crippen molar-refractivity contribution in [1.82, 2.24) is 14.1 Å². The summed E-state index contributed by atoms with van der Waals surface area (Å²) in [5, 5.41) is 0. The molecule has 0 N–H and O–H groups in total. The minimum absolute atomic E-state index is 0.0916. The van der Waals surface area contributed by atoms with Crippen LogP contribution in [0.5, 0.6) is 5.75 Å². The zero-order chi connectivity index (χ0) is 22.2. The maximum atomic E-state index is 13.4. The molecule has 8 nitrogen and oxygen atoms in total. The minimum atomic E-state index is -3.75. The fourth-order valence-corrected chi connectivity index (χ4v) is 6.64. The average molecular weight is 450 g/mol. The number of carbonyl (C=O) groups excluding carboxylic acids is 2. The first-order valence-corrected chi connectivity index (χ1v) is 12.6. The number of likely N-dealkylation sites (tertiary alicyclic amines) is 1. The molecule has 170 valence electrons. The van der Waals surface area contributed by atoms with E-state index in [2.05, 4.69) is 11.8 Å². The van der Waals surface area contributed by atoms with E-state index in [0.29, 0.717) is 31.7 Å². The van der Waals surface area contributed by atoms with Crippen molar-refractivity contribution in [3.63, 3.8) is 0 Å². The van der Waals surface area contributed by atoms with Crippen molar-refractivity contribution in [2.24, 2.45) is 11.8 Å². The molecule has 0 bridgehead atoms. The number of fused-ring (bicyclic) bond motifs is 1. The number of benzene rings is 1. The molecule has 2 saturated heterocycles. The van der Waals surface area contributed by atoms with Crippen molar-refractivity contribution < 1.29 is 22.7 Å². The summed E-state index contributed by atoms with van der Waals surface area (Å²) in [4.78, 5) is 29.3. The number of piperazine rings is 1. The molecule has 9 heteroatoms. The van der Waals surface area contributed by atoms with Gasteiger partial charge in [-0.25, -0.2) is 8.42 Å². The molecular weight excluding hydrogens is 418 g/mol. The van der Waals surface area contributed by atoms with Crippen LogP contribution in [0.3, 0.4) is 0 Å². The van der Waals surface area contributed by atoms with Gasteiger partial charge < -0.3 is 9.64 Å². The molecule has 0 radical (unpaired) electrons. The van der Waals surface area contributed by atoms with Gasteiger partial charge in [-0.15, -0.1) is 0 Å². The Bertz CT molecular complexity index is 932. The van der Waals surface area contributed by atoms with E-state index in [9.17, 15) is 18.0 Å². The first kappa shape index (κ1) is 22.2. The molecule has 2 heterocycles. The van der Waals surface area contributed by atoms with Gasteiger partial charge in [0, 0.05) is 26.2 Å². The highest BCUT2D eigenvalue weighted by Gasteiger charge is 2.48. The maximum absolute atomic E-state index is 13.4. The van der Waals surface area contributed by atoms with Gasteiger partial charge in [0.15, 0.2) is 0 Å². The smallest absolute Gasteiger partial charge is 0.246 e. The number of likely N-dealkylation sites (N-methyl/N-ethyl adjacent to an activating group) is 1. The third-order valence-electron chi connectivity index (χ3n) is 6.90. The Morgan fingerprint density at radius 2 is 1.61 bits per heavy atom. The highest BCUT2D eigenvalue weighted by Crippen LogP contribution is 2.39. The van der Waals surface area contributed by atoms with Crippen molar-refractivity contribution >= 4 is 21.8 Å². The lowest BCUT2D eigenvalue weighted by atomic mass is 9.81. The number of imide groups is 1. The molecule has 1 aliphatic carbocycles. The van der Waals surface area contributed by atoms with E-state index in [-0.39, 0.29) is 40.8 Å². The van der Waals surface area contributed by atoms with Gasteiger partial charge in [0.2, 0.25) is 21.8 Å². The number of carbonyl (C=O) groups is 2. The molecule has 2 amide bonds. The Kier molecular flexibility index (Phi) is 6.37. The van der Waals surface area contributed by atoms with Gasteiger partial charge in [-0.2, -0.15) is 4.31 Å². The molecule has 1 aromatic carbocycles. The zero-order valence-electron chi connectivity index (χ0n) is 18.2. The lowest BCUT2D eigenvalue weighted by molar-refractivity contribution is -0.140. The highest BCUT2D eigenvalue weighted by molar-refractivity contribution is 7.89. The first-order valence-electron chi connectivity index (χ1n) is 11.1. The zero-order valence-corrected chi connectivity index (χ0v) is 19.1. The number of nitrogens with zero attached hydrogens (tertiary/aromatic N) is 3. The van der Waals surface area contributed by atoms with Crippen LogP contribution in [0.1, 0.15) is 38.2 Å². The van der Waals surface area contributed by atoms with Crippen LogP contribution in [0.25, 0.3) is 0 Å². The van der Waals surface area contributed by atoms with Gasteiger partial charge in [0.25, 0.3) is 0 Å². The molecule has 4 rings (SSSR count). The summed E-state index contributed by atoms with van der Waals surface area (Å²) in [7, 11) is -2.30. The van der Waals surface area contributed by atoms with Crippen LogP contribution >= 0.6 is 0 Å². The number of ether oxygens (including phenoxy) is 1. The molecule has 3 aliphatic rings. The molecule has 0 spiro atoms. The Hall–Kier alpha value is -1.97. The lowest BCUT2D eigenvalue weighted by Gasteiger charge is -2.33. The number of rotatable bonds is 6. The topological polar surface area (TPSA) is 87.2 Å². The third-order valence-corrected chi connectivity index (χ3v) is 8.82. The number of sulfonamides is 1. The standard InChI is InChI=1S/C22H31N3O5S/c1-3-23-10-12-24(13-11-23)31(28,29)20-14-16(8-9-19(20)30-2)15-25-21(26)17-6-4-5-7-18(17)22(25)27/h8-9,14,17-18H,3-7,10-13,15H2,1-2H3/t17-,18-/m1/s1. The van der Waals surface area contributed by atoms with Crippen LogP contribution in [0.4, 0.5) is 0 Å². The maximum Gasteiger partial charge on any atom is 0.246 e. The van der Waals surface area contributed by atoms with Crippen molar-refractivity contribution in [2.75, 3.05) is 39.8 Å². The largest absolute Gasteiger partial charge is 0.495 e. The molecule has 1 saturated carbocycles. The summed E-state index contributed by atoms with van der Waals surface area (Å²) >= 11 is 0. The number of hydrogen-bond acceptors (Lipinski definition) is 6. The van der Waals surface area contributed by atoms with Gasteiger partial charge in [-0.3, -0.25) is 14.5 Å². The average Bonchev–Trinajstić information content (AvgIpc) is 3.04. The fourth-order valence-electron chi connectivity index (χ4n) is 5.02. The number of hydrogen-bond donors (Lipinski definition) is 0. The minimum Gasteiger partial charge on any atom is -0.495 e. The van der Waals surface area contributed by atoms with E-state index in [1.165, 1.54) is 16.3 Å². The lowest BCUT2D eigenvalue weighted by Crippen LogP contribution is -2.48. The summed E-state index contributed by atoms with van der Waals surface area (Å²) in [5.41, 5.74) is 0.618. The second-order valence-electron chi connectivity index (χ2n) is 8.58. The molecule has 2 aliphatic heterocycles. The van der Waals surface area contributed by atoms with Crippen LogP contribution in [-0.4, -0.2) is 74.2 Å². The summed E-state index contributed by atoms with van der Waals surface area (Å²) in [6, 6.07) is 4.90. The SMILES string of the molecule is CCN1CCN(S(=O)(=O)c2cc(CN3C(=O)[C@@H]4CCCC[C@H]4C3=O)ccc2OC)CC1. The second kappa shape index (κ2) is 8.88. The van der Waals surface area contributed by atoms with Crippen LogP contribution in [0, 0.1) is 11.8 Å². The molecular formula is C22H31N3O5S. The quantitative estimate of drug-likeness (QED) is 0.615. The van der Waals surface area contributed by atoms with Crippen molar-refractivity contribution in [1.29, 1.82) is 0 Å². The van der Waals surface area contributed by atoms with E-state index in [1.54, 1.807) is 18.2 Å². The molecule has 0 unspecified atom stereocenters. The van der Waals surface area contributed by atoms with Crippen LogP contribution in [-0.2, 0) is 26.2 Å². The third kappa shape index (κ3) is 4.10. The van der Waals surface area contributed by atoms with Crippen LogP contribution in [0.2, 0.25) is 0 Å². The molecule has 31 heavy (non-hydrogen) atoms. The van der Waals surface area contributed by atoms with Gasteiger partial charge in [0.05, 0.1) is 25.5 Å². The number of amides is 2. The predicted octanol–water partition coefficient (Wildman–Crippen LogP) is 1.70. The molecule has 1 aromatic rings. The normalized spacial score (nSPS) is 25.7. The highest BCUT2D eigenvalue weighted by atomic mass is 32.2. The number of methoxy groups -OCH3 is 1. The summed E-state index contributed by atoms with van der Waals surface area (Å²) in [6.45, 7) is 5.29. The van der Waals surface area contributed by atoms with E-state index in [4.69, 9.17) is 4.74 Å². The van der Waals surface area contributed by atoms with Crippen LogP contribution < -0.4 is 4.74 Å². The Morgan fingerprint density at radius 1 is 1.00 bits per heavy atom. The first-order chi connectivity index (χ1) is 14.9. The Labute approximate surface area is 184 Å². The van der Waals surface area contributed by atoms with E-state index < -0.39 is 10.0 Å². The van der Waals surface area contributed by atoms with E-state index in [1.807, 2.05) is 0 Å². The van der Waals surface area contributed by atoms with Crippen molar-refractivity contribution in [3.05, 3.63) is 23.8 Å². The van der Waals surface area contributed by atoms with Crippen LogP contribution in [0.15, 0.2) is 23.1 Å². The van der Waals surface area contributed by atoms with Crippen molar-refractivity contribution in [2.45, 2.75) is 44.0 Å². The van der Waals surface area contributed by atoms with Gasteiger partial charge in [-0.1, -0.05) is 25.8 Å². The van der Waals surface area contributed by atoms with Gasteiger partial charge in [-0.05, 0) is 37.1 Å². The van der Waals surface area contributed by atoms with E-state index in [0.717, 1.165) is 32.2 Å². The Morgan fingerprint density at radius 3 is 2.16 bits per heavy atom. The Balaban J connectivity index is 1.58.